The van der Waals surface area contributed by atoms with Crippen LogP contribution in [0.4, 0.5) is 0 Å². The molecular weight excluding hydrogens is 812 g/mol. The van der Waals surface area contributed by atoms with Gasteiger partial charge in [0.25, 0.3) is 0 Å². The van der Waals surface area contributed by atoms with E-state index in [9.17, 15) is 0 Å². The number of fused-ring (bicyclic) bond motifs is 3. The minimum absolute atomic E-state index is 0.000379. The fourth-order valence-electron chi connectivity index (χ4n) is 11.7. The van der Waals surface area contributed by atoms with E-state index in [1.807, 2.05) is 0 Å². The number of furan rings is 1. The first-order chi connectivity index (χ1) is 31.0. The number of rotatable bonds is 12. The fourth-order valence-corrected chi connectivity index (χ4v) is 11.7. The number of hydrogen-bond donors (Lipinski definition) is 1. The Morgan fingerprint density at radius 3 is 1.90 bits per heavy atom. The van der Waals surface area contributed by atoms with Crippen molar-refractivity contribution < 1.29 is 4.42 Å². The van der Waals surface area contributed by atoms with E-state index in [1.54, 1.807) is 5.56 Å². The molecule has 1 N–H and O–H groups in total. The Morgan fingerprint density at radius 1 is 0.776 bits per heavy atom. The third kappa shape index (κ3) is 11.9. The van der Waals surface area contributed by atoms with Crippen molar-refractivity contribution in [3.05, 3.63) is 128 Å². The number of allylic oxidation sites excluding steroid dienone is 13. The first kappa shape index (κ1) is 52.7. The van der Waals surface area contributed by atoms with E-state index < -0.39 is 0 Å². The summed E-state index contributed by atoms with van der Waals surface area (Å²) in [5.41, 5.74) is 17.5. The van der Waals surface area contributed by atoms with E-state index in [1.165, 1.54) is 99.8 Å². The summed E-state index contributed by atoms with van der Waals surface area (Å²) >= 11 is 0. The van der Waals surface area contributed by atoms with Gasteiger partial charge in [0.15, 0.2) is 0 Å². The molecule has 1 unspecified atom stereocenters. The Hall–Kier alpha value is -3.66. The standard InChI is InChI=1S/C63H95BN2O/c1-21-23-49(58(9,10)11)50(59(12,13)14)26-35-66-46(8)53(37-44(6)43(4)5)64(45(7)55(66)36-42(2)3)41-54(65-48-24-22-27-60(15,16)29-30-61(17,18)28-25-48)57-39-47-38-51-52(40-56(47)67-57)63(20)33-31-62(51,19)32-34-63/h22-26,36-40,43,54,65H,21,27-35,41H2,1-20H3/b24-22-,44-37+,48-25+,49-23+,50-26+. The largest absolute Gasteiger partial charge is 0.459 e. The lowest BCUT2D eigenvalue weighted by Crippen LogP contribution is -2.44. The minimum atomic E-state index is -0.0572. The molecule has 366 valence electrons. The van der Waals surface area contributed by atoms with E-state index in [0.717, 1.165) is 43.5 Å². The van der Waals surface area contributed by atoms with Crippen LogP contribution in [0.25, 0.3) is 11.0 Å². The van der Waals surface area contributed by atoms with Gasteiger partial charge in [-0.15, -0.1) is 0 Å². The van der Waals surface area contributed by atoms with Crippen LogP contribution in [0.5, 0.6) is 0 Å². The van der Waals surface area contributed by atoms with Crippen molar-refractivity contribution in [2.24, 2.45) is 27.6 Å². The monoisotopic (exact) mass is 907 g/mol. The summed E-state index contributed by atoms with van der Waals surface area (Å²) in [5, 5.41) is 5.49. The van der Waals surface area contributed by atoms with Crippen molar-refractivity contribution in [2.45, 2.75) is 219 Å². The van der Waals surface area contributed by atoms with Crippen molar-refractivity contribution in [3.8, 4) is 0 Å². The van der Waals surface area contributed by atoms with Gasteiger partial charge in [-0.25, -0.2) is 0 Å². The van der Waals surface area contributed by atoms with Gasteiger partial charge in [-0.05, 0) is 190 Å². The van der Waals surface area contributed by atoms with Gasteiger partial charge in [-0.2, -0.15) is 0 Å². The highest BCUT2D eigenvalue weighted by Gasteiger charge is 2.48. The van der Waals surface area contributed by atoms with Gasteiger partial charge in [-0.1, -0.05) is 156 Å². The summed E-state index contributed by atoms with van der Waals surface area (Å²) in [6.45, 7) is 48.7. The minimum Gasteiger partial charge on any atom is -0.459 e. The summed E-state index contributed by atoms with van der Waals surface area (Å²) in [4.78, 5) is 2.64. The molecule has 1 atom stereocenters. The third-order valence-corrected chi connectivity index (χ3v) is 16.8. The molecule has 1 aliphatic heterocycles. The molecule has 0 radical (unpaired) electrons. The average Bonchev–Trinajstić information content (AvgIpc) is 3.65. The first-order valence-corrected chi connectivity index (χ1v) is 26.6. The molecular formula is C63H95BN2O. The number of nitrogens with zero attached hydrogens (tertiary/aromatic N) is 1. The van der Waals surface area contributed by atoms with E-state index in [4.69, 9.17) is 4.42 Å². The second kappa shape index (κ2) is 19.6. The lowest BCUT2D eigenvalue weighted by molar-refractivity contribution is 0.188. The van der Waals surface area contributed by atoms with Gasteiger partial charge in [0.05, 0.1) is 6.04 Å². The van der Waals surface area contributed by atoms with E-state index in [-0.39, 0.29) is 45.2 Å². The number of hydrogen-bond acceptors (Lipinski definition) is 3. The summed E-state index contributed by atoms with van der Waals surface area (Å²) in [7, 11) is 0. The SMILES string of the molecule is CC/C=C(\C(=C/CN1C(C)=C(/C=C(\C)C(C)C)B(CC(NC2=C/CC(C)(C)CCC(C)(C)C/C=C\2)c2cc3cc4c(cc3o2)C2(C)CCC4(C)CC2)C(C)=C1C=C(C)C)C(C)(C)C)C(C)(C)C. The Balaban J connectivity index is 1.55. The maximum absolute atomic E-state index is 7.24. The topological polar surface area (TPSA) is 28.4 Å². The normalized spacial score (nSPS) is 25.9. The molecule has 1 aromatic heterocycles. The van der Waals surface area contributed by atoms with Crippen molar-refractivity contribution in [1.29, 1.82) is 0 Å². The van der Waals surface area contributed by atoms with Crippen LogP contribution in [-0.4, -0.2) is 18.2 Å². The lowest BCUT2D eigenvalue weighted by atomic mass is 9.35. The van der Waals surface area contributed by atoms with Crippen LogP contribution >= 0.6 is 0 Å². The molecule has 1 aromatic carbocycles. The predicted molar refractivity (Wildman–Crippen MR) is 295 cm³/mol. The quantitative estimate of drug-likeness (QED) is 0.170. The highest BCUT2D eigenvalue weighted by atomic mass is 16.3. The van der Waals surface area contributed by atoms with Crippen molar-refractivity contribution in [1.82, 2.24) is 10.2 Å². The fraction of sp³-hybridized carbons (Fsp3) is 0.619. The molecule has 1 saturated carbocycles. The average molecular weight is 907 g/mol. The smallest absolute Gasteiger partial charge is 0.211 e. The van der Waals surface area contributed by atoms with Gasteiger partial charge in [-0.3, -0.25) is 0 Å². The molecule has 67 heavy (non-hydrogen) atoms. The molecule has 2 aromatic rings. The van der Waals surface area contributed by atoms with Crippen LogP contribution in [-0.2, 0) is 10.8 Å². The maximum Gasteiger partial charge on any atom is 0.211 e. The Bertz CT molecular complexity index is 2350. The maximum atomic E-state index is 7.24. The Kier molecular flexibility index (Phi) is 15.4. The van der Waals surface area contributed by atoms with E-state index in [2.05, 4.69) is 209 Å². The number of benzene rings is 1. The van der Waals surface area contributed by atoms with Crippen LogP contribution in [0, 0.1) is 27.6 Å². The van der Waals surface area contributed by atoms with Crippen LogP contribution in [0.15, 0.2) is 115 Å². The second-order valence-corrected chi connectivity index (χ2v) is 26.6. The van der Waals surface area contributed by atoms with Crippen molar-refractivity contribution >= 4 is 17.7 Å². The van der Waals surface area contributed by atoms with Crippen LogP contribution < -0.4 is 5.32 Å². The summed E-state index contributed by atoms with van der Waals surface area (Å²) in [6.07, 6.45) is 28.9. The molecule has 3 nitrogen and oxygen atoms in total. The van der Waals surface area contributed by atoms with Crippen LogP contribution in [0.2, 0.25) is 6.32 Å². The van der Waals surface area contributed by atoms with E-state index in [0.29, 0.717) is 5.92 Å². The molecule has 5 aliphatic rings. The van der Waals surface area contributed by atoms with Crippen molar-refractivity contribution in [3.63, 3.8) is 0 Å². The van der Waals surface area contributed by atoms with Gasteiger partial charge in [0, 0.05) is 29.0 Å². The van der Waals surface area contributed by atoms with Crippen molar-refractivity contribution in [2.75, 3.05) is 6.54 Å². The summed E-state index contributed by atoms with van der Waals surface area (Å²) < 4.78 is 7.24. The Labute approximate surface area is 412 Å². The van der Waals surface area contributed by atoms with Gasteiger partial charge in [0.2, 0.25) is 6.71 Å². The van der Waals surface area contributed by atoms with Crippen LogP contribution in [0.3, 0.4) is 0 Å². The molecule has 0 saturated heterocycles. The zero-order valence-corrected chi connectivity index (χ0v) is 46.6. The molecule has 4 heteroatoms. The summed E-state index contributed by atoms with van der Waals surface area (Å²) in [6, 6.07) is 7.33. The lowest BCUT2D eigenvalue weighted by Gasteiger charge is -2.52. The van der Waals surface area contributed by atoms with Crippen LogP contribution in [0.1, 0.15) is 219 Å². The highest BCUT2D eigenvalue weighted by Crippen LogP contribution is 2.57. The molecule has 0 spiro atoms. The van der Waals surface area contributed by atoms with Gasteiger partial charge in [0.1, 0.15) is 11.3 Å². The van der Waals surface area contributed by atoms with E-state index >= 15 is 0 Å². The summed E-state index contributed by atoms with van der Waals surface area (Å²) in [5.74, 6) is 1.49. The first-order valence-electron chi connectivity index (χ1n) is 26.6. The second-order valence-electron chi connectivity index (χ2n) is 26.6. The van der Waals surface area contributed by atoms with Gasteiger partial charge >= 0.3 is 0 Å². The molecule has 2 bridgehead atoms. The number of nitrogens with one attached hydrogen (secondary N) is 1. The third-order valence-electron chi connectivity index (χ3n) is 16.8. The molecule has 0 amide bonds. The zero-order chi connectivity index (χ0) is 49.7. The molecule has 4 aliphatic carbocycles. The Morgan fingerprint density at radius 2 is 1.34 bits per heavy atom. The molecule has 7 rings (SSSR count). The predicted octanol–water partition coefficient (Wildman–Crippen LogP) is 18.6. The highest BCUT2D eigenvalue weighted by molar-refractivity contribution is 6.75. The zero-order valence-electron chi connectivity index (χ0n) is 46.6. The van der Waals surface area contributed by atoms with Gasteiger partial charge < -0.3 is 14.6 Å². The molecule has 2 heterocycles. The molecule has 1 fully saturated rings.